The minimum absolute atomic E-state index is 0.758. The molecular weight excluding hydrogens is 102 g/mol. The van der Waals surface area contributed by atoms with Gasteiger partial charge >= 0.3 is 0 Å². The minimum atomic E-state index is 0.758. The molecule has 0 saturated heterocycles. The molecule has 0 aliphatic rings. The van der Waals surface area contributed by atoms with Gasteiger partial charge in [0.05, 0.1) is 13.4 Å². The fraction of sp³-hybridized carbons (Fsp3) is 0.667. The molecule has 2 N–H and O–H groups in total. The van der Waals surface area contributed by atoms with Gasteiger partial charge in [0, 0.05) is 0 Å². The van der Waals surface area contributed by atoms with Crippen LogP contribution in [0.2, 0.25) is 0 Å². The van der Waals surface area contributed by atoms with Gasteiger partial charge in [0.2, 0.25) is 0 Å². The van der Waals surface area contributed by atoms with Gasteiger partial charge in [-0.3, -0.25) is 0 Å². The van der Waals surface area contributed by atoms with Crippen molar-refractivity contribution in [1.82, 2.24) is 0 Å². The maximum Gasteiger partial charge on any atom is 0.0784 e. The summed E-state index contributed by atoms with van der Waals surface area (Å²) < 4.78 is 4.67. The third-order valence-corrected chi connectivity index (χ3v) is 0.807. The maximum atomic E-state index is 5.24. The number of methoxy groups -OCH3 is 1. The standard InChI is InChI=1S/C6H13NO/c1-8-6-4-2-3-5-7/h4,6H,2-3,5,7H2,1H3. The molecule has 0 rings (SSSR count). The van der Waals surface area contributed by atoms with Gasteiger partial charge in [-0.25, -0.2) is 0 Å². The Morgan fingerprint density at radius 3 is 2.88 bits per heavy atom. The Kier molecular flexibility index (Phi) is 6.09. The van der Waals surface area contributed by atoms with Crippen molar-refractivity contribution in [2.45, 2.75) is 12.8 Å². The van der Waals surface area contributed by atoms with Crippen molar-refractivity contribution >= 4 is 0 Å². The lowest BCUT2D eigenvalue weighted by Gasteiger charge is -1.87. The second kappa shape index (κ2) is 6.50. The minimum Gasteiger partial charge on any atom is -0.505 e. The number of allylic oxidation sites excluding steroid dienone is 1. The highest BCUT2D eigenvalue weighted by Gasteiger charge is 1.74. The summed E-state index contributed by atoms with van der Waals surface area (Å²) in [6, 6.07) is 0. The van der Waals surface area contributed by atoms with Crippen molar-refractivity contribution < 1.29 is 4.74 Å². The van der Waals surface area contributed by atoms with Crippen LogP contribution in [0.4, 0.5) is 0 Å². The Labute approximate surface area is 50.3 Å². The van der Waals surface area contributed by atoms with Crippen LogP contribution in [0.15, 0.2) is 12.3 Å². The molecule has 0 aromatic rings. The lowest BCUT2D eigenvalue weighted by atomic mass is 10.3. The van der Waals surface area contributed by atoms with E-state index in [4.69, 9.17) is 5.73 Å². The third kappa shape index (κ3) is 5.50. The summed E-state index contributed by atoms with van der Waals surface area (Å²) in [5.74, 6) is 0. The Morgan fingerprint density at radius 2 is 2.38 bits per heavy atom. The third-order valence-electron chi connectivity index (χ3n) is 0.807. The van der Waals surface area contributed by atoms with Crippen LogP contribution in [-0.4, -0.2) is 13.7 Å². The number of hydrogen-bond acceptors (Lipinski definition) is 2. The van der Waals surface area contributed by atoms with Gasteiger partial charge in [-0.1, -0.05) is 0 Å². The number of rotatable bonds is 4. The molecule has 0 spiro atoms. The number of ether oxygens (including phenoxy) is 1. The van der Waals surface area contributed by atoms with Crippen LogP contribution in [0.3, 0.4) is 0 Å². The average molecular weight is 115 g/mol. The summed E-state index contributed by atoms with van der Waals surface area (Å²) in [5, 5.41) is 0. The SMILES string of the molecule is COC=CCCCN. The van der Waals surface area contributed by atoms with Gasteiger partial charge in [-0.2, -0.15) is 0 Å². The lowest BCUT2D eigenvalue weighted by Crippen LogP contribution is -1.96. The molecule has 48 valence electrons. The summed E-state index contributed by atoms with van der Waals surface area (Å²) in [6.45, 7) is 0.758. The first-order valence-electron chi connectivity index (χ1n) is 2.79. The quantitative estimate of drug-likeness (QED) is 0.436. The van der Waals surface area contributed by atoms with Gasteiger partial charge in [0.1, 0.15) is 0 Å². The molecule has 0 bridgehead atoms. The molecule has 0 fully saturated rings. The highest BCUT2D eigenvalue weighted by molar-refractivity contribution is 4.72. The molecule has 0 atom stereocenters. The van der Waals surface area contributed by atoms with Crippen molar-refractivity contribution in [2.24, 2.45) is 5.73 Å². The molecule has 0 unspecified atom stereocenters. The average Bonchev–Trinajstić information content (AvgIpc) is 1.81. The first-order chi connectivity index (χ1) is 3.91. The zero-order chi connectivity index (χ0) is 6.24. The summed E-state index contributed by atoms with van der Waals surface area (Å²) in [6.07, 6.45) is 5.70. The van der Waals surface area contributed by atoms with Crippen molar-refractivity contribution in [3.8, 4) is 0 Å². The van der Waals surface area contributed by atoms with E-state index in [0.29, 0.717) is 0 Å². The first kappa shape index (κ1) is 7.50. The van der Waals surface area contributed by atoms with E-state index in [2.05, 4.69) is 4.74 Å². The van der Waals surface area contributed by atoms with Crippen LogP contribution in [-0.2, 0) is 4.74 Å². The van der Waals surface area contributed by atoms with E-state index in [9.17, 15) is 0 Å². The van der Waals surface area contributed by atoms with Crippen LogP contribution in [0.25, 0.3) is 0 Å². The second-order valence-corrected chi connectivity index (χ2v) is 1.54. The normalized spacial score (nSPS) is 10.2. The van der Waals surface area contributed by atoms with Crippen LogP contribution >= 0.6 is 0 Å². The predicted molar refractivity (Wildman–Crippen MR) is 34.4 cm³/mol. The van der Waals surface area contributed by atoms with Gasteiger partial charge in [-0.05, 0) is 25.5 Å². The van der Waals surface area contributed by atoms with Gasteiger partial charge in [-0.15, -0.1) is 0 Å². The maximum absolute atomic E-state index is 5.24. The molecule has 0 saturated carbocycles. The smallest absolute Gasteiger partial charge is 0.0784 e. The monoisotopic (exact) mass is 115 g/mol. The van der Waals surface area contributed by atoms with Crippen LogP contribution < -0.4 is 5.73 Å². The summed E-state index contributed by atoms with van der Waals surface area (Å²) in [7, 11) is 1.64. The highest BCUT2D eigenvalue weighted by atomic mass is 16.5. The van der Waals surface area contributed by atoms with E-state index in [1.54, 1.807) is 13.4 Å². The summed E-state index contributed by atoms with van der Waals surface area (Å²) >= 11 is 0. The predicted octanol–water partition coefficient (Wildman–Crippen LogP) is 0.885. The van der Waals surface area contributed by atoms with Crippen LogP contribution in [0, 0.1) is 0 Å². The number of nitrogens with two attached hydrogens (primary N) is 1. The molecule has 0 aliphatic carbocycles. The van der Waals surface area contributed by atoms with Crippen molar-refractivity contribution in [1.29, 1.82) is 0 Å². The van der Waals surface area contributed by atoms with E-state index < -0.39 is 0 Å². The molecule has 2 nitrogen and oxygen atoms in total. The Morgan fingerprint density at radius 1 is 1.62 bits per heavy atom. The van der Waals surface area contributed by atoms with Gasteiger partial charge in [0.15, 0.2) is 0 Å². The highest BCUT2D eigenvalue weighted by Crippen LogP contribution is 1.86. The van der Waals surface area contributed by atoms with Gasteiger partial charge in [0.25, 0.3) is 0 Å². The van der Waals surface area contributed by atoms with E-state index in [0.717, 1.165) is 19.4 Å². The Bertz CT molecular complexity index is 61.5. The van der Waals surface area contributed by atoms with Crippen LogP contribution in [0.5, 0.6) is 0 Å². The summed E-state index contributed by atoms with van der Waals surface area (Å²) in [5.41, 5.74) is 5.24. The fourth-order valence-electron chi connectivity index (χ4n) is 0.400. The number of hydrogen-bond donors (Lipinski definition) is 1. The molecule has 8 heavy (non-hydrogen) atoms. The largest absolute Gasteiger partial charge is 0.505 e. The van der Waals surface area contributed by atoms with Crippen LogP contribution in [0.1, 0.15) is 12.8 Å². The van der Waals surface area contributed by atoms with Crippen molar-refractivity contribution in [3.63, 3.8) is 0 Å². The zero-order valence-electron chi connectivity index (χ0n) is 5.26. The second-order valence-electron chi connectivity index (χ2n) is 1.54. The molecule has 0 heterocycles. The zero-order valence-corrected chi connectivity index (χ0v) is 5.26. The van der Waals surface area contributed by atoms with E-state index >= 15 is 0 Å². The molecule has 0 amide bonds. The lowest BCUT2D eigenvalue weighted by molar-refractivity contribution is 0.336. The molecule has 0 radical (unpaired) electrons. The topological polar surface area (TPSA) is 35.2 Å². The molecule has 2 heteroatoms. The molecule has 0 aliphatic heterocycles. The Hall–Kier alpha value is -0.500. The van der Waals surface area contributed by atoms with Crippen molar-refractivity contribution in [2.75, 3.05) is 13.7 Å². The van der Waals surface area contributed by atoms with E-state index in [1.807, 2.05) is 6.08 Å². The van der Waals surface area contributed by atoms with Gasteiger partial charge < -0.3 is 10.5 Å². The molecule has 0 aromatic heterocycles. The molecule has 0 aromatic carbocycles. The number of unbranched alkanes of at least 4 members (excludes halogenated alkanes) is 1. The van der Waals surface area contributed by atoms with Crippen molar-refractivity contribution in [3.05, 3.63) is 12.3 Å². The van der Waals surface area contributed by atoms with E-state index in [1.165, 1.54) is 0 Å². The molecular formula is C6H13NO. The summed E-state index contributed by atoms with van der Waals surface area (Å²) in [4.78, 5) is 0. The first-order valence-corrected chi connectivity index (χ1v) is 2.79. The Balaban J connectivity index is 2.80. The van der Waals surface area contributed by atoms with E-state index in [-0.39, 0.29) is 0 Å². The fourth-order valence-corrected chi connectivity index (χ4v) is 0.400.